The van der Waals surface area contributed by atoms with Gasteiger partial charge in [0, 0.05) is 35.3 Å². The van der Waals surface area contributed by atoms with Crippen LogP contribution in [-0.4, -0.2) is 22.2 Å². The summed E-state index contributed by atoms with van der Waals surface area (Å²) in [5.41, 5.74) is 2.53. The van der Waals surface area contributed by atoms with E-state index in [0.29, 0.717) is 22.8 Å². The lowest BCUT2D eigenvalue weighted by atomic mass is 9.87. The number of carbonyl (C=O) groups is 1. The van der Waals surface area contributed by atoms with Crippen molar-refractivity contribution in [1.82, 2.24) is 9.78 Å². The predicted molar refractivity (Wildman–Crippen MR) is 95.1 cm³/mol. The fourth-order valence-electron chi connectivity index (χ4n) is 3.38. The second-order valence-corrected chi connectivity index (χ2v) is 7.33. The first-order chi connectivity index (χ1) is 11.1. The van der Waals surface area contributed by atoms with Crippen LogP contribution in [0.3, 0.4) is 0 Å². The van der Waals surface area contributed by atoms with E-state index in [1.807, 2.05) is 32.0 Å². The molecule has 126 valence electrons. The van der Waals surface area contributed by atoms with Crippen molar-refractivity contribution in [3.8, 4) is 0 Å². The maximum atomic E-state index is 13.2. The van der Waals surface area contributed by atoms with Crippen molar-refractivity contribution in [3.05, 3.63) is 56.0 Å². The van der Waals surface area contributed by atoms with Crippen LogP contribution in [-0.2, 0) is 12.5 Å². The molecule has 1 aromatic carbocycles. The Labute approximate surface area is 145 Å². The van der Waals surface area contributed by atoms with E-state index in [-0.39, 0.29) is 22.4 Å². The minimum absolute atomic E-state index is 0.175. The van der Waals surface area contributed by atoms with Crippen molar-refractivity contribution in [2.75, 3.05) is 11.4 Å². The first kappa shape index (κ1) is 16.7. The minimum atomic E-state index is -0.378. The zero-order chi connectivity index (χ0) is 17.8. The predicted octanol–water partition coefficient (Wildman–Crippen LogP) is 2.99. The Morgan fingerprint density at radius 2 is 1.96 bits per heavy atom. The SMILES string of the molecule is Cc1nn(C)c(=O)c(C(=O)N2CC(C)(C)c3c(Cl)cccc32)c1C. The van der Waals surface area contributed by atoms with E-state index in [1.165, 1.54) is 4.68 Å². The number of amides is 1. The molecule has 1 aliphatic rings. The molecule has 2 heterocycles. The van der Waals surface area contributed by atoms with E-state index < -0.39 is 0 Å². The van der Waals surface area contributed by atoms with E-state index >= 15 is 0 Å². The average Bonchev–Trinajstić information content (AvgIpc) is 2.78. The van der Waals surface area contributed by atoms with E-state index in [0.717, 1.165) is 11.3 Å². The van der Waals surface area contributed by atoms with Gasteiger partial charge in [0.05, 0.1) is 5.69 Å². The third-order valence-corrected chi connectivity index (χ3v) is 5.01. The summed E-state index contributed by atoms with van der Waals surface area (Å²) in [4.78, 5) is 27.4. The van der Waals surface area contributed by atoms with Crippen LogP contribution < -0.4 is 10.5 Å². The van der Waals surface area contributed by atoms with Crippen molar-refractivity contribution in [2.24, 2.45) is 7.05 Å². The fourth-order valence-corrected chi connectivity index (χ4v) is 3.81. The van der Waals surface area contributed by atoms with Crippen LogP contribution in [0.5, 0.6) is 0 Å². The lowest BCUT2D eigenvalue weighted by molar-refractivity contribution is 0.0982. The third-order valence-electron chi connectivity index (χ3n) is 4.70. The first-order valence-corrected chi connectivity index (χ1v) is 8.18. The lowest BCUT2D eigenvalue weighted by Crippen LogP contribution is -2.39. The number of carbonyl (C=O) groups excluding carboxylic acids is 1. The summed E-state index contributed by atoms with van der Waals surface area (Å²) >= 11 is 6.37. The lowest BCUT2D eigenvalue weighted by Gasteiger charge is -2.21. The molecule has 0 atom stereocenters. The highest BCUT2D eigenvalue weighted by Gasteiger charge is 2.40. The maximum absolute atomic E-state index is 13.2. The summed E-state index contributed by atoms with van der Waals surface area (Å²) in [5.74, 6) is -0.298. The van der Waals surface area contributed by atoms with Crippen LogP contribution in [0.15, 0.2) is 23.0 Å². The number of hydrogen-bond donors (Lipinski definition) is 0. The molecule has 0 spiro atoms. The molecule has 2 aromatic rings. The Hall–Kier alpha value is -2.14. The van der Waals surface area contributed by atoms with Crippen molar-refractivity contribution in [1.29, 1.82) is 0 Å². The highest BCUT2D eigenvalue weighted by molar-refractivity contribution is 6.32. The quantitative estimate of drug-likeness (QED) is 0.798. The molecule has 1 aromatic heterocycles. The Balaban J connectivity index is 2.19. The maximum Gasteiger partial charge on any atom is 0.279 e. The zero-order valence-corrected chi connectivity index (χ0v) is 15.2. The molecule has 3 rings (SSSR count). The van der Waals surface area contributed by atoms with Crippen LogP contribution >= 0.6 is 11.6 Å². The second-order valence-electron chi connectivity index (χ2n) is 6.92. The van der Waals surface area contributed by atoms with Crippen molar-refractivity contribution < 1.29 is 4.79 Å². The number of aryl methyl sites for hydroxylation is 2. The van der Waals surface area contributed by atoms with Crippen LogP contribution in [0.2, 0.25) is 5.02 Å². The molecule has 0 N–H and O–H groups in total. The van der Waals surface area contributed by atoms with E-state index in [4.69, 9.17) is 11.6 Å². The fraction of sp³-hybridized carbons (Fsp3) is 0.389. The smallest absolute Gasteiger partial charge is 0.279 e. The summed E-state index contributed by atoms with van der Waals surface area (Å²) in [7, 11) is 1.56. The molecular formula is C18H20ClN3O2. The molecular weight excluding hydrogens is 326 g/mol. The van der Waals surface area contributed by atoms with E-state index in [1.54, 1.807) is 25.8 Å². The summed E-state index contributed by atoms with van der Waals surface area (Å²) < 4.78 is 1.22. The Bertz CT molecular complexity index is 915. The van der Waals surface area contributed by atoms with Gasteiger partial charge in [-0.25, -0.2) is 4.68 Å². The highest BCUT2D eigenvalue weighted by atomic mass is 35.5. The largest absolute Gasteiger partial charge is 0.307 e. The summed E-state index contributed by atoms with van der Waals surface area (Å²) in [5, 5.41) is 4.78. The van der Waals surface area contributed by atoms with Gasteiger partial charge in [0.25, 0.3) is 11.5 Å². The monoisotopic (exact) mass is 345 g/mol. The molecule has 5 nitrogen and oxygen atoms in total. The number of aromatic nitrogens is 2. The van der Waals surface area contributed by atoms with Gasteiger partial charge in [0.2, 0.25) is 0 Å². The molecule has 6 heteroatoms. The number of halogens is 1. The van der Waals surface area contributed by atoms with Gasteiger partial charge in [-0.15, -0.1) is 0 Å². The van der Waals surface area contributed by atoms with Gasteiger partial charge in [-0.1, -0.05) is 31.5 Å². The third kappa shape index (κ3) is 2.35. The summed E-state index contributed by atoms with van der Waals surface area (Å²) in [6, 6.07) is 5.53. The molecule has 1 amide bonds. The first-order valence-electron chi connectivity index (χ1n) is 7.80. The van der Waals surface area contributed by atoms with E-state index in [2.05, 4.69) is 5.10 Å². The molecule has 0 unspecified atom stereocenters. The minimum Gasteiger partial charge on any atom is -0.307 e. The van der Waals surface area contributed by atoms with Crippen LogP contribution in [0.25, 0.3) is 0 Å². The topological polar surface area (TPSA) is 55.2 Å². The normalized spacial score (nSPS) is 15.5. The molecule has 1 aliphatic heterocycles. The molecule has 0 saturated carbocycles. The van der Waals surface area contributed by atoms with Crippen LogP contribution in [0.1, 0.15) is 41.0 Å². The zero-order valence-electron chi connectivity index (χ0n) is 14.5. The number of benzene rings is 1. The van der Waals surface area contributed by atoms with Gasteiger partial charge in [-0.3, -0.25) is 9.59 Å². The average molecular weight is 346 g/mol. The van der Waals surface area contributed by atoms with Gasteiger partial charge in [0.1, 0.15) is 5.56 Å². The number of nitrogens with zero attached hydrogens (tertiary/aromatic N) is 3. The van der Waals surface area contributed by atoms with Crippen molar-refractivity contribution in [2.45, 2.75) is 33.1 Å². The molecule has 0 saturated heterocycles. The van der Waals surface area contributed by atoms with Gasteiger partial charge >= 0.3 is 0 Å². The number of rotatable bonds is 1. The molecule has 0 bridgehead atoms. The van der Waals surface area contributed by atoms with Gasteiger partial charge in [-0.05, 0) is 31.5 Å². The molecule has 24 heavy (non-hydrogen) atoms. The number of fused-ring (bicyclic) bond motifs is 1. The Morgan fingerprint density at radius 3 is 2.62 bits per heavy atom. The Morgan fingerprint density at radius 1 is 1.29 bits per heavy atom. The van der Waals surface area contributed by atoms with Crippen LogP contribution in [0.4, 0.5) is 5.69 Å². The van der Waals surface area contributed by atoms with Gasteiger partial charge in [0.15, 0.2) is 0 Å². The van der Waals surface area contributed by atoms with Gasteiger partial charge < -0.3 is 4.90 Å². The number of anilines is 1. The standard InChI is InChI=1S/C18H20ClN3O2/c1-10-11(2)20-21(5)16(23)14(10)17(24)22-9-18(3,4)15-12(19)7-6-8-13(15)22/h6-8H,9H2,1-5H3. The Kier molecular flexibility index (Phi) is 3.79. The molecule has 0 radical (unpaired) electrons. The van der Waals surface area contributed by atoms with Gasteiger partial charge in [-0.2, -0.15) is 5.10 Å². The van der Waals surface area contributed by atoms with Crippen molar-refractivity contribution in [3.63, 3.8) is 0 Å². The molecule has 0 fully saturated rings. The molecule has 0 aliphatic carbocycles. The summed E-state index contributed by atoms with van der Waals surface area (Å²) in [6.45, 7) is 8.14. The second kappa shape index (κ2) is 5.45. The number of hydrogen-bond acceptors (Lipinski definition) is 3. The van der Waals surface area contributed by atoms with Crippen LogP contribution in [0, 0.1) is 13.8 Å². The highest BCUT2D eigenvalue weighted by Crippen LogP contribution is 2.44. The van der Waals surface area contributed by atoms with Crippen molar-refractivity contribution >= 4 is 23.2 Å². The summed E-state index contributed by atoms with van der Waals surface area (Å²) in [6.07, 6.45) is 0. The van der Waals surface area contributed by atoms with E-state index in [9.17, 15) is 9.59 Å².